The van der Waals surface area contributed by atoms with Crippen LogP contribution < -0.4 is 9.47 Å². The molecule has 0 bridgehead atoms. The Morgan fingerprint density at radius 1 is 1.11 bits per heavy atom. The van der Waals surface area contributed by atoms with Crippen molar-refractivity contribution in [3.63, 3.8) is 0 Å². The highest BCUT2D eigenvalue weighted by Gasteiger charge is 2.07. The lowest BCUT2D eigenvalue weighted by Crippen LogP contribution is -1.99. The number of rotatable bonds is 4. The number of halogens is 2. The fraction of sp³-hybridized carbons (Fsp3) is 0.200. The normalized spacial score (nSPS) is 10.3. The average Bonchev–Trinajstić information content (AvgIpc) is 2.40. The summed E-state index contributed by atoms with van der Waals surface area (Å²) in [4.78, 5) is 0. The third-order valence-corrected chi connectivity index (χ3v) is 3.52. The maximum absolute atomic E-state index is 6.10. The molecule has 2 aromatic carbocycles. The minimum absolute atomic E-state index is 0.409. The third-order valence-electron chi connectivity index (χ3n) is 2.71. The molecule has 0 unspecified atom stereocenters. The van der Waals surface area contributed by atoms with Crippen molar-refractivity contribution in [2.24, 2.45) is 0 Å². The van der Waals surface area contributed by atoms with Crippen LogP contribution in [-0.4, -0.2) is 7.11 Å². The Morgan fingerprint density at radius 2 is 1.89 bits per heavy atom. The first-order valence-electron chi connectivity index (χ1n) is 5.81. The van der Waals surface area contributed by atoms with Crippen molar-refractivity contribution < 1.29 is 9.47 Å². The minimum atomic E-state index is 0.409. The molecule has 2 nitrogen and oxygen atoms in total. The molecule has 0 amide bonds. The molecular weight excluding hydrogens is 328 g/mol. The van der Waals surface area contributed by atoms with E-state index < -0.39 is 0 Å². The van der Waals surface area contributed by atoms with Gasteiger partial charge in [0.05, 0.1) is 12.1 Å². The van der Waals surface area contributed by atoms with Gasteiger partial charge in [0, 0.05) is 10.0 Å². The first kappa shape index (κ1) is 14.2. The van der Waals surface area contributed by atoms with E-state index in [1.54, 1.807) is 7.11 Å². The second-order valence-corrected chi connectivity index (χ2v) is 5.50. The van der Waals surface area contributed by atoms with Gasteiger partial charge in [-0.1, -0.05) is 33.6 Å². The Labute approximate surface area is 126 Å². The maximum Gasteiger partial charge on any atom is 0.138 e. The minimum Gasteiger partial charge on any atom is -0.496 e. The van der Waals surface area contributed by atoms with Crippen molar-refractivity contribution in [3.8, 4) is 11.5 Å². The molecule has 0 aliphatic heterocycles. The van der Waals surface area contributed by atoms with E-state index in [4.69, 9.17) is 21.1 Å². The predicted octanol–water partition coefficient (Wildman–Crippen LogP) is 5.00. The molecule has 0 aliphatic carbocycles. The molecule has 100 valence electrons. The summed E-state index contributed by atoms with van der Waals surface area (Å²) in [5, 5.41) is 0.611. The molecule has 0 fully saturated rings. The molecule has 0 atom stereocenters. The number of hydrogen-bond acceptors (Lipinski definition) is 2. The smallest absolute Gasteiger partial charge is 0.138 e. The van der Waals surface area contributed by atoms with E-state index >= 15 is 0 Å². The average molecular weight is 342 g/mol. The standard InChI is InChI=1S/C15H14BrClO2/c1-10-3-5-13(17)15(7-10)19-9-11-8-12(16)4-6-14(11)18-2/h3-8H,9H2,1-2H3. The molecule has 0 spiro atoms. The van der Waals surface area contributed by atoms with Crippen LogP contribution in [0.3, 0.4) is 0 Å². The fourth-order valence-electron chi connectivity index (χ4n) is 1.74. The molecule has 0 aromatic heterocycles. The van der Waals surface area contributed by atoms with E-state index in [0.29, 0.717) is 17.4 Å². The van der Waals surface area contributed by atoms with Crippen LogP contribution in [0.1, 0.15) is 11.1 Å². The Hall–Kier alpha value is -1.19. The summed E-state index contributed by atoms with van der Waals surface area (Å²) in [6, 6.07) is 11.5. The number of aryl methyl sites for hydroxylation is 1. The highest BCUT2D eigenvalue weighted by Crippen LogP contribution is 2.28. The van der Waals surface area contributed by atoms with Gasteiger partial charge in [0.1, 0.15) is 18.1 Å². The molecule has 0 aliphatic rings. The van der Waals surface area contributed by atoms with Crippen molar-refractivity contribution in [2.75, 3.05) is 7.11 Å². The lowest BCUT2D eigenvalue weighted by molar-refractivity contribution is 0.296. The molecular formula is C15H14BrClO2. The van der Waals surface area contributed by atoms with Crippen LogP contribution in [0.2, 0.25) is 5.02 Å². The summed E-state index contributed by atoms with van der Waals surface area (Å²) < 4.78 is 12.1. The molecule has 0 N–H and O–H groups in total. The first-order valence-corrected chi connectivity index (χ1v) is 6.98. The molecule has 0 heterocycles. The maximum atomic E-state index is 6.10. The van der Waals surface area contributed by atoms with Gasteiger partial charge in [-0.2, -0.15) is 0 Å². The van der Waals surface area contributed by atoms with Crippen molar-refractivity contribution in [1.29, 1.82) is 0 Å². The fourth-order valence-corrected chi connectivity index (χ4v) is 2.32. The lowest BCUT2D eigenvalue weighted by atomic mass is 10.2. The number of benzene rings is 2. The van der Waals surface area contributed by atoms with Gasteiger partial charge in [-0.15, -0.1) is 0 Å². The third kappa shape index (κ3) is 3.64. The quantitative estimate of drug-likeness (QED) is 0.779. The lowest BCUT2D eigenvalue weighted by Gasteiger charge is -2.12. The van der Waals surface area contributed by atoms with Crippen molar-refractivity contribution >= 4 is 27.5 Å². The van der Waals surface area contributed by atoms with E-state index in [9.17, 15) is 0 Å². The number of hydrogen-bond donors (Lipinski definition) is 0. The second kappa shape index (κ2) is 6.31. The SMILES string of the molecule is COc1ccc(Br)cc1COc1cc(C)ccc1Cl. The summed E-state index contributed by atoms with van der Waals surface area (Å²) in [5.41, 5.74) is 2.08. The monoisotopic (exact) mass is 340 g/mol. The molecule has 0 saturated carbocycles. The van der Waals surface area contributed by atoms with Crippen LogP contribution in [0.4, 0.5) is 0 Å². The molecule has 2 rings (SSSR count). The predicted molar refractivity (Wildman–Crippen MR) is 81.2 cm³/mol. The van der Waals surface area contributed by atoms with Crippen molar-refractivity contribution in [1.82, 2.24) is 0 Å². The Kier molecular flexibility index (Phi) is 4.72. The number of ether oxygens (including phenoxy) is 2. The topological polar surface area (TPSA) is 18.5 Å². The Balaban J connectivity index is 2.18. The van der Waals surface area contributed by atoms with Crippen LogP contribution >= 0.6 is 27.5 Å². The summed E-state index contributed by atoms with van der Waals surface area (Å²) in [7, 11) is 1.65. The second-order valence-electron chi connectivity index (χ2n) is 4.18. The van der Waals surface area contributed by atoms with Crippen LogP contribution in [0, 0.1) is 6.92 Å². The van der Waals surface area contributed by atoms with Gasteiger partial charge in [0.2, 0.25) is 0 Å². The van der Waals surface area contributed by atoms with E-state index in [0.717, 1.165) is 21.3 Å². The molecule has 19 heavy (non-hydrogen) atoms. The molecule has 2 aromatic rings. The highest BCUT2D eigenvalue weighted by molar-refractivity contribution is 9.10. The van der Waals surface area contributed by atoms with Gasteiger partial charge in [0.15, 0.2) is 0 Å². The number of methoxy groups -OCH3 is 1. The Bertz CT molecular complexity index is 584. The zero-order valence-corrected chi connectivity index (χ0v) is 13.1. The largest absolute Gasteiger partial charge is 0.496 e. The van der Waals surface area contributed by atoms with Crippen molar-refractivity contribution in [3.05, 3.63) is 57.0 Å². The Morgan fingerprint density at radius 3 is 2.63 bits per heavy atom. The zero-order valence-electron chi connectivity index (χ0n) is 10.7. The van der Waals surface area contributed by atoms with Gasteiger partial charge in [-0.25, -0.2) is 0 Å². The summed E-state index contributed by atoms with van der Waals surface area (Å²) in [5.74, 6) is 1.48. The van der Waals surface area contributed by atoms with E-state index in [1.807, 2.05) is 43.3 Å². The molecule has 0 saturated heterocycles. The van der Waals surface area contributed by atoms with Crippen LogP contribution in [-0.2, 0) is 6.61 Å². The van der Waals surface area contributed by atoms with E-state index in [1.165, 1.54) is 0 Å². The van der Waals surface area contributed by atoms with Crippen LogP contribution in [0.25, 0.3) is 0 Å². The van der Waals surface area contributed by atoms with Gasteiger partial charge in [-0.05, 0) is 42.8 Å². The van der Waals surface area contributed by atoms with Crippen LogP contribution in [0.5, 0.6) is 11.5 Å². The first-order chi connectivity index (χ1) is 9.10. The summed E-state index contributed by atoms with van der Waals surface area (Å²) in [6.45, 7) is 2.41. The van der Waals surface area contributed by atoms with Crippen molar-refractivity contribution in [2.45, 2.75) is 13.5 Å². The summed E-state index contributed by atoms with van der Waals surface area (Å²) in [6.07, 6.45) is 0. The van der Waals surface area contributed by atoms with Gasteiger partial charge in [0.25, 0.3) is 0 Å². The molecule has 0 radical (unpaired) electrons. The molecule has 4 heteroatoms. The van der Waals surface area contributed by atoms with Crippen LogP contribution in [0.15, 0.2) is 40.9 Å². The van der Waals surface area contributed by atoms with E-state index in [2.05, 4.69) is 15.9 Å². The highest BCUT2D eigenvalue weighted by atomic mass is 79.9. The van der Waals surface area contributed by atoms with Gasteiger partial charge in [-0.3, -0.25) is 0 Å². The van der Waals surface area contributed by atoms with E-state index in [-0.39, 0.29) is 0 Å². The summed E-state index contributed by atoms with van der Waals surface area (Å²) >= 11 is 9.54. The van der Waals surface area contributed by atoms with Gasteiger partial charge < -0.3 is 9.47 Å². The van der Waals surface area contributed by atoms with Gasteiger partial charge >= 0.3 is 0 Å². The zero-order chi connectivity index (χ0) is 13.8.